The van der Waals surface area contributed by atoms with Crippen LogP contribution in [0.3, 0.4) is 0 Å². The molecule has 18 nitrogen and oxygen atoms in total. The minimum absolute atomic E-state index is 0.00655. The number of nitrogens with one attached hydrogen (secondary N) is 6. The number of aryl methyl sites for hydroxylation is 1. The van der Waals surface area contributed by atoms with Crippen molar-refractivity contribution in [3.63, 3.8) is 0 Å². The van der Waals surface area contributed by atoms with Crippen LogP contribution in [-0.2, 0) is 30.6 Å². The van der Waals surface area contributed by atoms with E-state index in [1.54, 1.807) is 24.3 Å². The van der Waals surface area contributed by atoms with Crippen LogP contribution in [-0.4, -0.2) is 90.1 Å². The van der Waals surface area contributed by atoms with Gasteiger partial charge in [-0.1, -0.05) is 66.8 Å². The molecule has 2 aliphatic rings. The first kappa shape index (κ1) is 52.8. The van der Waals surface area contributed by atoms with Gasteiger partial charge in [0.05, 0.1) is 28.4 Å². The number of hydrogen-bond acceptors (Lipinski definition) is 10. The van der Waals surface area contributed by atoms with Crippen molar-refractivity contribution in [2.75, 3.05) is 18.8 Å². The first-order valence-electron chi connectivity index (χ1n) is 23.0. The molecular formula is C47H56F3N11O7S2. The van der Waals surface area contributed by atoms with E-state index in [1.807, 2.05) is 30.3 Å². The van der Waals surface area contributed by atoms with Crippen LogP contribution < -0.4 is 31.3 Å². The number of thioether (sulfide) groups is 1. The summed E-state index contributed by atoms with van der Waals surface area (Å²) in [7, 11) is -4.58. The van der Waals surface area contributed by atoms with Gasteiger partial charge < -0.3 is 26.6 Å². The van der Waals surface area contributed by atoms with Crippen LogP contribution in [0, 0.1) is 12.8 Å². The maximum atomic E-state index is 13.8. The van der Waals surface area contributed by atoms with Crippen LogP contribution in [0.4, 0.5) is 23.7 Å². The lowest BCUT2D eigenvalue weighted by molar-refractivity contribution is -0.141. The van der Waals surface area contributed by atoms with E-state index in [9.17, 15) is 45.6 Å². The first-order chi connectivity index (χ1) is 33.4. The molecule has 23 heteroatoms. The summed E-state index contributed by atoms with van der Waals surface area (Å²) in [5.74, 6) is -1.20. The molecule has 6 amide bonds. The molecule has 6 N–H and O–H groups in total. The largest absolute Gasteiger partial charge is 0.435 e. The van der Waals surface area contributed by atoms with Gasteiger partial charge in [-0.2, -0.15) is 30.0 Å². The third-order valence-electron chi connectivity index (χ3n) is 12.0. The molecule has 0 radical (unpaired) electrons. The number of benzene rings is 3. The third-order valence-corrected chi connectivity index (χ3v) is 14.9. The van der Waals surface area contributed by atoms with Gasteiger partial charge in [-0.15, -0.1) is 0 Å². The molecule has 0 saturated carbocycles. The number of nitrogens with zero attached hydrogens (tertiary/aromatic N) is 5. The lowest BCUT2D eigenvalue weighted by atomic mass is 9.98. The molecule has 4 aromatic rings. The van der Waals surface area contributed by atoms with Crippen LogP contribution in [0.15, 0.2) is 88.9 Å². The highest BCUT2D eigenvalue weighted by molar-refractivity contribution is 8.00. The highest BCUT2D eigenvalue weighted by atomic mass is 32.2. The maximum Gasteiger partial charge on any atom is 0.435 e. The quantitative estimate of drug-likeness (QED) is 0.0135. The fraction of sp³-hybridized carbons (Fsp3) is 0.447. The lowest BCUT2D eigenvalue weighted by Crippen LogP contribution is -2.48. The van der Waals surface area contributed by atoms with Crippen molar-refractivity contribution in [1.82, 2.24) is 41.1 Å². The van der Waals surface area contributed by atoms with Gasteiger partial charge in [-0.05, 0) is 99.9 Å². The Bertz CT molecular complexity index is 2640. The maximum absolute atomic E-state index is 13.8. The van der Waals surface area contributed by atoms with Crippen LogP contribution >= 0.6 is 11.8 Å². The summed E-state index contributed by atoms with van der Waals surface area (Å²) in [5.41, 5.74) is 9.46. The number of halogens is 3. The number of azide groups is 1. The standard InChI is InChI=1S/C47H56F3N11O7S2/c1-29-13-15-31(16-14-29)38-27-40(47(48,49)50)58-61(38)34-21-23-35(24-22-34)70(67,68)59-45(65)36(54-44(64)32-17-19-33(20-18-32)57-60-51)10-5-7-25-52-41(62)12-4-3-6-26-53-43(63)30(2)9-8-11-39-42-37(28-69-39)55-46(66)56-42/h13-24,27,30,36-37,39,42H,3-12,25-26,28H2,1-2H3,(H,52,62)(H,53,63)(H,54,64)(H,59,65)(H2,55,56,66)/t30?,36-,37-,39-,42-/m0/s1. The van der Waals surface area contributed by atoms with Gasteiger partial charge in [0.2, 0.25) is 11.8 Å². The average molecular weight is 1010 g/mol. The fourth-order valence-electron chi connectivity index (χ4n) is 8.08. The molecule has 5 atom stereocenters. The number of aromatic nitrogens is 2. The molecular weight excluding hydrogens is 952 g/mol. The Morgan fingerprint density at radius 2 is 1.60 bits per heavy atom. The second kappa shape index (κ2) is 24.3. The van der Waals surface area contributed by atoms with Crippen molar-refractivity contribution in [1.29, 1.82) is 0 Å². The average Bonchev–Trinajstić information content (AvgIpc) is 4.05. The summed E-state index contributed by atoms with van der Waals surface area (Å²) in [6, 6.07) is 16.8. The zero-order valence-corrected chi connectivity index (χ0v) is 40.3. The van der Waals surface area contributed by atoms with Crippen molar-refractivity contribution in [2.45, 2.75) is 113 Å². The number of fused-ring (bicyclic) bond motifs is 1. The van der Waals surface area contributed by atoms with Crippen molar-refractivity contribution < 1.29 is 45.6 Å². The number of urea groups is 1. The molecule has 6 rings (SSSR count). The summed E-state index contributed by atoms with van der Waals surface area (Å²) in [4.78, 5) is 66.0. The molecule has 0 bridgehead atoms. The molecule has 2 aliphatic heterocycles. The van der Waals surface area contributed by atoms with Gasteiger partial charge in [-0.3, -0.25) is 19.2 Å². The lowest BCUT2D eigenvalue weighted by Gasteiger charge is -2.19. The molecule has 1 unspecified atom stereocenters. The molecule has 2 saturated heterocycles. The van der Waals surface area contributed by atoms with E-state index in [0.29, 0.717) is 36.6 Å². The van der Waals surface area contributed by atoms with E-state index in [1.165, 1.54) is 36.4 Å². The monoisotopic (exact) mass is 1010 g/mol. The molecule has 3 aromatic carbocycles. The smallest absolute Gasteiger partial charge is 0.356 e. The number of amides is 6. The van der Waals surface area contributed by atoms with Gasteiger partial charge >= 0.3 is 12.2 Å². The first-order valence-corrected chi connectivity index (χ1v) is 25.6. The summed E-state index contributed by atoms with van der Waals surface area (Å²) >= 11 is 1.85. The Hall–Kier alpha value is -6.58. The van der Waals surface area contributed by atoms with Crippen LogP contribution in [0.5, 0.6) is 0 Å². The van der Waals surface area contributed by atoms with Gasteiger partial charge in [0.1, 0.15) is 6.04 Å². The molecule has 2 fully saturated rings. The number of carbonyl (C=O) groups excluding carboxylic acids is 5. The second-order valence-electron chi connectivity index (χ2n) is 17.3. The highest BCUT2D eigenvalue weighted by Crippen LogP contribution is 2.35. The van der Waals surface area contributed by atoms with Gasteiger partial charge in [0, 0.05) is 58.2 Å². The summed E-state index contributed by atoms with van der Waals surface area (Å²) < 4.78 is 71.4. The van der Waals surface area contributed by atoms with E-state index in [4.69, 9.17) is 5.53 Å². The third kappa shape index (κ3) is 14.7. The van der Waals surface area contributed by atoms with Crippen molar-refractivity contribution >= 4 is 57.1 Å². The van der Waals surface area contributed by atoms with Gasteiger partial charge in [0.25, 0.3) is 21.8 Å². The van der Waals surface area contributed by atoms with Crippen LogP contribution in [0.1, 0.15) is 92.7 Å². The Balaban J connectivity index is 0.957. The van der Waals surface area contributed by atoms with E-state index in [2.05, 4.69) is 41.7 Å². The van der Waals surface area contributed by atoms with Crippen molar-refractivity contribution in [3.8, 4) is 16.9 Å². The molecule has 0 aliphatic carbocycles. The highest BCUT2D eigenvalue weighted by Gasteiger charge is 2.42. The predicted octanol–water partition coefficient (Wildman–Crippen LogP) is 7.35. The Labute approximate surface area is 407 Å². The van der Waals surface area contributed by atoms with E-state index in [-0.39, 0.29) is 89.2 Å². The number of sulfonamides is 1. The predicted molar refractivity (Wildman–Crippen MR) is 257 cm³/mol. The molecule has 0 spiro atoms. The summed E-state index contributed by atoms with van der Waals surface area (Å²) in [6.45, 7) is 4.49. The van der Waals surface area contributed by atoms with E-state index >= 15 is 0 Å². The topological polar surface area (TPSA) is 258 Å². The minimum atomic E-state index is -4.76. The van der Waals surface area contributed by atoms with Crippen molar-refractivity contribution in [3.05, 3.63) is 106 Å². The number of rotatable bonds is 24. The minimum Gasteiger partial charge on any atom is -0.356 e. The summed E-state index contributed by atoms with van der Waals surface area (Å²) in [6.07, 6.45) is 0.774. The zero-order chi connectivity index (χ0) is 50.4. The molecule has 374 valence electrons. The molecule has 3 heterocycles. The number of alkyl halides is 3. The normalized spacial score (nSPS) is 17.3. The zero-order valence-electron chi connectivity index (χ0n) is 38.6. The van der Waals surface area contributed by atoms with Crippen LogP contribution in [0.25, 0.3) is 27.4 Å². The molecule has 1 aromatic heterocycles. The molecule has 70 heavy (non-hydrogen) atoms. The number of unbranched alkanes of at least 4 members (excludes halogenated alkanes) is 3. The SMILES string of the molecule is Cc1ccc(-c2cc(C(F)(F)F)nn2-c2ccc(S(=O)(=O)NC(=O)[C@H](CCCCNC(=O)CCCCCNC(=O)C(C)CCC[C@@H]3SC[C@@H]4NC(=O)N[C@@H]43)NC(=O)c3ccc(N=[N+]=[N-])cc3)cc2)cc1. The summed E-state index contributed by atoms with van der Waals surface area (Å²) in [5, 5.41) is 21.9. The van der Waals surface area contributed by atoms with E-state index < -0.39 is 39.7 Å². The Morgan fingerprint density at radius 3 is 2.30 bits per heavy atom. The number of carbonyl (C=O) groups is 5. The van der Waals surface area contributed by atoms with Crippen molar-refractivity contribution in [2.24, 2.45) is 11.0 Å². The van der Waals surface area contributed by atoms with Gasteiger partial charge in [-0.25, -0.2) is 22.6 Å². The Kier molecular flexibility index (Phi) is 18.3. The Morgan fingerprint density at radius 1 is 0.900 bits per heavy atom. The second-order valence-corrected chi connectivity index (χ2v) is 20.3. The van der Waals surface area contributed by atoms with E-state index in [0.717, 1.165) is 59.9 Å². The van der Waals surface area contributed by atoms with Crippen LogP contribution in [0.2, 0.25) is 0 Å². The number of hydrogen-bond donors (Lipinski definition) is 6. The van der Waals surface area contributed by atoms with Gasteiger partial charge in [0.15, 0.2) is 5.69 Å². The fourth-order valence-corrected chi connectivity index (χ4v) is 10.6.